The first-order chi connectivity index (χ1) is 9.28. The minimum Gasteiger partial charge on any atom is -0.375 e. The van der Waals surface area contributed by atoms with Gasteiger partial charge in [0.05, 0.1) is 0 Å². The molecule has 0 bridgehead atoms. The van der Waals surface area contributed by atoms with Gasteiger partial charge in [0.15, 0.2) is 5.82 Å². The predicted molar refractivity (Wildman–Crippen MR) is 72.9 cm³/mol. The molecule has 0 aliphatic rings. The van der Waals surface area contributed by atoms with Gasteiger partial charge in [0.25, 0.3) is 5.91 Å². The predicted octanol–water partition coefficient (Wildman–Crippen LogP) is 1.78. The molecular weight excluding hydrogens is 242 g/mol. The van der Waals surface area contributed by atoms with Crippen LogP contribution in [0.5, 0.6) is 0 Å². The summed E-state index contributed by atoms with van der Waals surface area (Å²) in [5.41, 5.74) is 2.28. The molecule has 0 aliphatic carbocycles. The number of nitrogens with one attached hydrogen (secondary N) is 2. The number of aromatic amines is 1. The van der Waals surface area contributed by atoms with Gasteiger partial charge in [-0.15, -0.1) is 0 Å². The van der Waals surface area contributed by atoms with Gasteiger partial charge in [-0.3, -0.25) is 9.89 Å². The Bertz CT molecular complexity index is 522. The van der Waals surface area contributed by atoms with Gasteiger partial charge < -0.3 is 10.1 Å². The number of methoxy groups -OCH3 is 1. The minimum absolute atomic E-state index is 0.0339. The van der Waals surface area contributed by atoms with Crippen molar-refractivity contribution >= 4 is 11.7 Å². The summed E-state index contributed by atoms with van der Waals surface area (Å²) in [5, 5.41) is 9.61. The van der Waals surface area contributed by atoms with Crippen LogP contribution in [-0.2, 0) is 22.4 Å². The fourth-order valence-corrected chi connectivity index (χ4v) is 1.79. The van der Waals surface area contributed by atoms with Crippen LogP contribution in [0.25, 0.3) is 0 Å². The highest BCUT2D eigenvalue weighted by Crippen LogP contribution is 2.09. The Morgan fingerprint density at radius 3 is 2.84 bits per heavy atom. The topological polar surface area (TPSA) is 67.0 Å². The van der Waals surface area contributed by atoms with Crippen molar-refractivity contribution in [3.05, 3.63) is 47.7 Å². The Balaban J connectivity index is 1.85. The molecule has 2 rings (SSSR count). The summed E-state index contributed by atoms with van der Waals surface area (Å²) in [6, 6.07) is 12.1. The summed E-state index contributed by atoms with van der Waals surface area (Å²) in [7, 11) is 1.48. The molecule has 0 spiro atoms. The molecule has 1 aromatic carbocycles. The number of ether oxygens (including phenoxy) is 1. The van der Waals surface area contributed by atoms with E-state index >= 15 is 0 Å². The molecule has 0 radical (unpaired) electrons. The normalized spacial score (nSPS) is 10.4. The van der Waals surface area contributed by atoms with Crippen molar-refractivity contribution in [2.45, 2.75) is 12.8 Å². The van der Waals surface area contributed by atoms with Gasteiger partial charge in [-0.05, 0) is 18.4 Å². The third-order valence-electron chi connectivity index (χ3n) is 2.70. The highest BCUT2D eigenvalue weighted by molar-refractivity contribution is 5.90. The number of aryl methyl sites for hydroxylation is 2. The Morgan fingerprint density at radius 2 is 2.11 bits per heavy atom. The van der Waals surface area contributed by atoms with Crippen LogP contribution in [-0.4, -0.2) is 29.8 Å². The zero-order valence-corrected chi connectivity index (χ0v) is 10.8. The molecule has 1 heterocycles. The van der Waals surface area contributed by atoms with Crippen molar-refractivity contribution in [1.29, 1.82) is 0 Å². The van der Waals surface area contributed by atoms with E-state index in [4.69, 9.17) is 4.74 Å². The van der Waals surface area contributed by atoms with Crippen LogP contribution >= 0.6 is 0 Å². The second-order valence-electron chi connectivity index (χ2n) is 4.25. The van der Waals surface area contributed by atoms with E-state index in [1.54, 1.807) is 0 Å². The molecular formula is C14H17N3O2. The number of aromatic nitrogens is 2. The van der Waals surface area contributed by atoms with E-state index in [1.165, 1.54) is 12.7 Å². The molecule has 19 heavy (non-hydrogen) atoms. The smallest absolute Gasteiger partial charge is 0.251 e. The lowest BCUT2D eigenvalue weighted by Crippen LogP contribution is -2.17. The van der Waals surface area contributed by atoms with E-state index in [1.807, 2.05) is 24.3 Å². The molecule has 0 fully saturated rings. The van der Waals surface area contributed by atoms with Crippen LogP contribution in [0.1, 0.15) is 11.3 Å². The largest absolute Gasteiger partial charge is 0.375 e. The highest BCUT2D eigenvalue weighted by atomic mass is 16.5. The van der Waals surface area contributed by atoms with Crippen LogP contribution in [0.2, 0.25) is 0 Å². The van der Waals surface area contributed by atoms with Crippen molar-refractivity contribution in [3.8, 4) is 0 Å². The highest BCUT2D eigenvalue weighted by Gasteiger charge is 2.05. The van der Waals surface area contributed by atoms with Crippen LogP contribution in [0, 0.1) is 0 Å². The van der Waals surface area contributed by atoms with Gasteiger partial charge in [0.2, 0.25) is 0 Å². The van der Waals surface area contributed by atoms with Crippen LogP contribution in [0.4, 0.5) is 5.82 Å². The summed E-state index contributed by atoms with van der Waals surface area (Å²) in [4.78, 5) is 11.3. The summed E-state index contributed by atoms with van der Waals surface area (Å²) < 4.78 is 4.74. The number of H-pyrrole nitrogens is 1. The Kier molecular flexibility index (Phi) is 4.69. The molecule has 5 heteroatoms. The van der Waals surface area contributed by atoms with Gasteiger partial charge in [0.1, 0.15) is 6.61 Å². The van der Waals surface area contributed by atoms with Gasteiger partial charge in [-0.1, -0.05) is 30.3 Å². The Labute approximate surface area is 112 Å². The van der Waals surface area contributed by atoms with Crippen molar-refractivity contribution < 1.29 is 9.53 Å². The van der Waals surface area contributed by atoms with Crippen LogP contribution < -0.4 is 5.32 Å². The van der Waals surface area contributed by atoms with Crippen molar-refractivity contribution in [1.82, 2.24) is 10.2 Å². The Morgan fingerprint density at radius 1 is 1.32 bits per heavy atom. The lowest BCUT2D eigenvalue weighted by Gasteiger charge is -1.99. The third kappa shape index (κ3) is 4.22. The molecule has 100 valence electrons. The second-order valence-corrected chi connectivity index (χ2v) is 4.25. The van der Waals surface area contributed by atoms with Crippen molar-refractivity contribution in [2.75, 3.05) is 19.0 Å². The molecule has 2 aromatic rings. The van der Waals surface area contributed by atoms with Gasteiger partial charge >= 0.3 is 0 Å². The number of amides is 1. The van der Waals surface area contributed by atoms with Gasteiger partial charge in [-0.25, -0.2) is 0 Å². The molecule has 1 aromatic heterocycles. The second kappa shape index (κ2) is 6.70. The van der Waals surface area contributed by atoms with Crippen LogP contribution in [0.15, 0.2) is 36.4 Å². The molecule has 1 amide bonds. The summed E-state index contributed by atoms with van der Waals surface area (Å²) in [6.45, 7) is 0.0339. The SMILES string of the molecule is COCC(=O)Nc1cc(CCc2ccccc2)[nH]n1. The first-order valence-corrected chi connectivity index (χ1v) is 6.15. The average Bonchev–Trinajstić information content (AvgIpc) is 2.85. The van der Waals surface area contributed by atoms with E-state index in [2.05, 4.69) is 27.6 Å². The molecule has 0 atom stereocenters. The number of carbonyl (C=O) groups is 1. The summed E-state index contributed by atoms with van der Waals surface area (Å²) in [5.74, 6) is 0.328. The van der Waals surface area contributed by atoms with E-state index in [0.29, 0.717) is 5.82 Å². The van der Waals surface area contributed by atoms with E-state index in [-0.39, 0.29) is 12.5 Å². The lowest BCUT2D eigenvalue weighted by molar-refractivity contribution is -0.119. The monoisotopic (exact) mass is 259 g/mol. The number of nitrogens with zero attached hydrogens (tertiary/aromatic N) is 1. The molecule has 5 nitrogen and oxygen atoms in total. The van der Waals surface area contributed by atoms with Gasteiger partial charge in [-0.2, -0.15) is 5.10 Å². The number of benzene rings is 1. The first-order valence-electron chi connectivity index (χ1n) is 6.15. The zero-order chi connectivity index (χ0) is 13.5. The standard InChI is InChI=1S/C14H17N3O2/c1-19-10-14(18)15-13-9-12(16-17-13)8-7-11-5-3-2-4-6-11/h2-6,9H,7-8,10H2,1H3,(H2,15,16,17,18). The molecule has 2 N–H and O–H groups in total. The summed E-state index contributed by atoms with van der Waals surface area (Å²) in [6.07, 6.45) is 1.80. The quantitative estimate of drug-likeness (QED) is 0.831. The fourth-order valence-electron chi connectivity index (χ4n) is 1.79. The number of hydrogen-bond acceptors (Lipinski definition) is 3. The molecule has 0 aliphatic heterocycles. The summed E-state index contributed by atoms with van der Waals surface area (Å²) >= 11 is 0. The maximum absolute atomic E-state index is 11.3. The maximum Gasteiger partial charge on any atom is 0.251 e. The minimum atomic E-state index is -0.205. The maximum atomic E-state index is 11.3. The number of hydrogen-bond donors (Lipinski definition) is 2. The zero-order valence-electron chi connectivity index (χ0n) is 10.8. The van der Waals surface area contributed by atoms with Crippen molar-refractivity contribution in [2.24, 2.45) is 0 Å². The molecule has 0 unspecified atom stereocenters. The van der Waals surface area contributed by atoms with Crippen LogP contribution in [0.3, 0.4) is 0 Å². The van der Waals surface area contributed by atoms with E-state index in [0.717, 1.165) is 18.5 Å². The number of carbonyl (C=O) groups excluding carboxylic acids is 1. The van der Waals surface area contributed by atoms with E-state index in [9.17, 15) is 4.79 Å². The molecule has 0 saturated carbocycles. The number of anilines is 1. The Hall–Kier alpha value is -2.14. The number of rotatable bonds is 6. The van der Waals surface area contributed by atoms with E-state index < -0.39 is 0 Å². The fraction of sp³-hybridized carbons (Fsp3) is 0.286. The average molecular weight is 259 g/mol. The lowest BCUT2D eigenvalue weighted by atomic mass is 10.1. The first kappa shape index (κ1) is 13.3. The van der Waals surface area contributed by atoms with Gasteiger partial charge in [0, 0.05) is 18.9 Å². The molecule has 0 saturated heterocycles. The van der Waals surface area contributed by atoms with Crippen molar-refractivity contribution in [3.63, 3.8) is 0 Å². The third-order valence-corrected chi connectivity index (χ3v) is 2.70.